The van der Waals surface area contributed by atoms with Gasteiger partial charge in [0.1, 0.15) is 0 Å². The maximum Gasteiger partial charge on any atom is 0.151 e. The molecule has 1 aliphatic rings. The molecule has 5 heteroatoms. The Morgan fingerprint density at radius 1 is 1.35 bits per heavy atom. The fourth-order valence-electron chi connectivity index (χ4n) is 2.18. The molecule has 3 nitrogen and oxygen atoms in total. The topological polar surface area (TPSA) is 57.9 Å². The van der Waals surface area contributed by atoms with Crippen LogP contribution in [0.1, 0.15) is 12.0 Å². The predicted octanol–water partition coefficient (Wildman–Crippen LogP) is 2.16. The lowest BCUT2D eigenvalue weighted by Crippen LogP contribution is -2.23. The van der Waals surface area contributed by atoms with Gasteiger partial charge in [0.05, 0.1) is 23.0 Å². The van der Waals surface area contributed by atoms with Crippen LogP contribution in [0, 0.1) is 20.3 Å². The Bertz CT molecular complexity index is 559. The van der Waals surface area contributed by atoms with Crippen molar-refractivity contribution in [1.82, 2.24) is 0 Å². The van der Waals surface area contributed by atoms with E-state index in [0.717, 1.165) is 9.13 Å². The molecule has 0 saturated carbocycles. The Labute approximate surface area is 115 Å². The standard InChI is InChI=1S/C12H12INO2S/c13-11-3-1-10(2-4-11)7-12(8-14)5-6-17(15,16)9-12/h1-4H,5-7,9H2. The zero-order valence-corrected chi connectivity index (χ0v) is 12.2. The highest BCUT2D eigenvalue weighted by atomic mass is 127. The Morgan fingerprint density at radius 3 is 2.47 bits per heavy atom. The lowest BCUT2D eigenvalue weighted by molar-refractivity contribution is 0.451. The van der Waals surface area contributed by atoms with Crippen LogP contribution < -0.4 is 0 Å². The molecule has 1 aromatic rings. The summed E-state index contributed by atoms with van der Waals surface area (Å²) < 4.78 is 24.1. The van der Waals surface area contributed by atoms with Gasteiger partial charge in [-0.05, 0) is 53.1 Å². The van der Waals surface area contributed by atoms with Crippen LogP contribution in [-0.2, 0) is 16.3 Å². The second kappa shape index (κ2) is 4.58. The van der Waals surface area contributed by atoms with Crippen molar-refractivity contribution >= 4 is 32.4 Å². The van der Waals surface area contributed by atoms with Crippen molar-refractivity contribution in [2.75, 3.05) is 11.5 Å². The van der Waals surface area contributed by atoms with Crippen molar-refractivity contribution in [3.63, 3.8) is 0 Å². The molecule has 0 amide bonds. The highest BCUT2D eigenvalue weighted by Gasteiger charge is 2.42. The second-order valence-corrected chi connectivity index (χ2v) is 7.97. The summed E-state index contributed by atoms with van der Waals surface area (Å²) in [4.78, 5) is 0. The van der Waals surface area contributed by atoms with Crippen LogP contribution in [0.25, 0.3) is 0 Å². The van der Waals surface area contributed by atoms with Crippen molar-refractivity contribution in [2.45, 2.75) is 12.8 Å². The minimum absolute atomic E-state index is 0.00247. The SMILES string of the molecule is N#CC1(Cc2ccc(I)cc2)CCS(=O)(=O)C1. The van der Waals surface area contributed by atoms with Crippen LogP contribution in [0.3, 0.4) is 0 Å². The molecular weight excluding hydrogens is 349 g/mol. The molecule has 1 aliphatic heterocycles. The maximum atomic E-state index is 11.5. The Balaban J connectivity index is 2.22. The van der Waals surface area contributed by atoms with Crippen molar-refractivity contribution < 1.29 is 8.42 Å². The van der Waals surface area contributed by atoms with E-state index in [1.54, 1.807) is 0 Å². The molecule has 0 N–H and O–H groups in total. The fourth-order valence-corrected chi connectivity index (χ4v) is 4.53. The third-order valence-electron chi connectivity index (χ3n) is 3.08. The third-order valence-corrected chi connectivity index (χ3v) is 5.62. The van der Waals surface area contributed by atoms with Crippen LogP contribution in [0.2, 0.25) is 0 Å². The Hall–Kier alpha value is -0.610. The summed E-state index contributed by atoms with van der Waals surface area (Å²) in [5, 5.41) is 9.25. The van der Waals surface area contributed by atoms with Gasteiger partial charge in [0.15, 0.2) is 9.84 Å². The number of sulfone groups is 1. The Kier molecular flexibility index (Phi) is 3.46. The number of halogens is 1. The molecule has 0 radical (unpaired) electrons. The summed E-state index contributed by atoms with van der Waals surface area (Å²) >= 11 is 2.22. The van der Waals surface area contributed by atoms with Gasteiger partial charge in [-0.2, -0.15) is 5.26 Å². The molecule has 1 unspecified atom stereocenters. The van der Waals surface area contributed by atoms with Crippen molar-refractivity contribution in [2.24, 2.45) is 5.41 Å². The van der Waals surface area contributed by atoms with E-state index in [1.165, 1.54) is 0 Å². The molecule has 0 aliphatic carbocycles. The van der Waals surface area contributed by atoms with Crippen LogP contribution in [0.4, 0.5) is 0 Å². The average Bonchev–Trinajstić information content (AvgIpc) is 2.59. The van der Waals surface area contributed by atoms with E-state index in [0.29, 0.717) is 12.8 Å². The zero-order chi connectivity index (χ0) is 12.5. The summed E-state index contributed by atoms with van der Waals surface area (Å²) in [5.74, 6) is 0.146. The van der Waals surface area contributed by atoms with Gasteiger partial charge < -0.3 is 0 Å². The van der Waals surface area contributed by atoms with Gasteiger partial charge in [0.25, 0.3) is 0 Å². The molecular formula is C12H12INO2S. The van der Waals surface area contributed by atoms with E-state index in [4.69, 9.17) is 0 Å². The summed E-state index contributed by atoms with van der Waals surface area (Å²) in [7, 11) is -3.02. The number of hydrogen-bond donors (Lipinski definition) is 0. The normalized spacial score (nSPS) is 26.6. The molecule has 1 atom stereocenters. The summed E-state index contributed by atoms with van der Waals surface area (Å²) in [6, 6.07) is 10.1. The molecule has 0 spiro atoms. The van der Waals surface area contributed by atoms with Crippen molar-refractivity contribution in [3.8, 4) is 6.07 Å². The highest BCUT2D eigenvalue weighted by molar-refractivity contribution is 14.1. The Morgan fingerprint density at radius 2 is 2.00 bits per heavy atom. The smallest absolute Gasteiger partial charge is 0.151 e. The quantitative estimate of drug-likeness (QED) is 0.759. The average molecular weight is 361 g/mol. The number of rotatable bonds is 2. The predicted molar refractivity (Wildman–Crippen MR) is 74.2 cm³/mol. The van der Waals surface area contributed by atoms with E-state index < -0.39 is 15.3 Å². The maximum absolute atomic E-state index is 11.5. The zero-order valence-electron chi connectivity index (χ0n) is 9.19. The van der Waals surface area contributed by atoms with E-state index in [2.05, 4.69) is 28.7 Å². The molecule has 1 heterocycles. The monoisotopic (exact) mass is 361 g/mol. The van der Waals surface area contributed by atoms with Gasteiger partial charge in [-0.25, -0.2) is 8.42 Å². The number of hydrogen-bond acceptors (Lipinski definition) is 3. The summed E-state index contributed by atoms with van der Waals surface area (Å²) in [6.45, 7) is 0. The first kappa shape index (κ1) is 12.8. The summed E-state index contributed by atoms with van der Waals surface area (Å²) in [6.07, 6.45) is 0.984. The molecule has 1 saturated heterocycles. The first-order valence-corrected chi connectivity index (χ1v) is 8.21. The lowest BCUT2D eigenvalue weighted by atomic mass is 9.83. The summed E-state index contributed by atoms with van der Waals surface area (Å²) in [5.41, 5.74) is 0.315. The number of nitrogens with zero attached hydrogens (tertiary/aromatic N) is 1. The van der Waals surface area contributed by atoms with Crippen LogP contribution >= 0.6 is 22.6 Å². The lowest BCUT2D eigenvalue weighted by Gasteiger charge is -2.18. The first-order chi connectivity index (χ1) is 7.95. The minimum Gasteiger partial charge on any atom is -0.229 e. The van der Waals surface area contributed by atoms with E-state index in [-0.39, 0.29) is 11.5 Å². The van der Waals surface area contributed by atoms with Crippen molar-refractivity contribution in [3.05, 3.63) is 33.4 Å². The van der Waals surface area contributed by atoms with Gasteiger partial charge in [-0.3, -0.25) is 0 Å². The molecule has 1 fully saturated rings. The van der Waals surface area contributed by atoms with Gasteiger partial charge >= 0.3 is 0 Å². The van der Waals surface area contributed by atoms with E-state index >= 15 is 0 Å². The largest absolute Gasteiger partial charge is 0.229 e. The number of nitriles is 1. The van der Waals surface area contributed by atoms with E-state index in [1.807, 2.05) is 24.3 Å². The second-order valence-electron chi connectivity index (χ2n) is 4.54. The highest BCUT2D eigenvalue weighted by Crippen LogP contribution is 2.35. The van der Waals surface area contributed by atoms with Gasteiger partial charge in [-0.1, -0.05) is 12.1 Å². The van der Waals surface area contributed by atoms with Crippen LogP contribution in [-0.4, -0.2) is 19.9 Å². The van der Waals surface area contributed by atoms with Gasteiger partial charge in [-0.15, -0.1) is 0 Å². The minimum atomic E-state index is -3.02. The molecule has 90 valence electrons. The molecule has 0 aromatic heterocycles. The molecule has 1 aromatic carbocycles. The van der Waals surface area contributed by atoms with Crippen LogP contribution in [0.5, 0.6) is 0 Å². The van der Waals surface area contributed by atoms with Gasteiger partial charge in [0.2, 0.25) is 0 Å². The molecule has 2 rings (SSSR count). The fraction of sp³-hybridized carbons (Fsp3) is 0.417. The third kappa shape index (κ3) is 2.99. The molecule has 0 bridgehead atoms. The van der Waals surface area contributed by atoms with Crippen LogP contribution in [0.15, 0.2) is 24.3 Å². The van der Waals surface area contributed by atoms with Gasteiger partial charge in [0, 0.05) is 3.57 Å². The molecule has 17 heavy (non-hydrogen) atoms. The van der Waals surface area contributed by atoms with E-state index in [9.17, 15) is 13.7 Å². The number of benzene rings is 1. The van der Waals surface area contributed by atoms with Crippen molar-refractivity contribution in [1.29, 1.82) is 5.26 Å². The first-order valence-electron chi connectivity index (χ1n) is 5.31.